The molecule has 0 spiro atoms. The fourth-order valence-corrected chi connectivity index (χ4v) is 2.26. The van der Waals surface area contributed by atoms with Crippen molar-refractivity contribution in [3.63, 3.8) is 0 Å². The van der Waals surface area contributed by atoms with Crippen LogP contribution in [0.4, 0.5) is 0 Å². The van der Waals surface area contributed by atoms with Crippen molar-refractivity contribution in [2.24, 2.45) is 0 Å². The predicted octanol–water partition coefficient (Wildman–Crippen LogP) is 2.45. The summed E-state index contributed by atoms with van der Waals surface area (Å²) in [6.07, 6.45) is 0.528. The molecular formula is C13H22N2OS. The molecule has 3 nitrogen and oxygen atoms in total. The monoisotopic (exact) mass is 254 g/mol. The highest BCUT2D eigenvalue weighted by molar-refractivity contribution is 7.08. The Bertz CT molecular complexity index is 366. The summed E-state index contributed by atoms with van der Waals surface area (Å²) in [4.78, 5) is 11.6. The smallest absolute Gasteiger partial charge is 0.221 e. The molecule has 17 heavy (non-hydrogen) atoms. The zero-order chi connectivity index (χ0) is 12.9. The normalized spacial score (nSPS) is 11.5. The van der Waals surface area contributed by atoms with Gasteiger partial charge in [-0.25, -0.2) is 0 Å². The first-order valence-electron chi connectivity index (χ1n) is 5.92. The van der Waals surface area contributed by atoms with Gasteiger partial charge in [-0.3, -0.25) is 4.79 Å². The third kappa shape index (κ3) is 5.84. The third-order valence-electron chi connectivity index (χ3n) is 2.45. The molecule has 0 aliphatic heterocycles. The maximum atomic E-state index is 11.6. The lowest BCUT2D eigenvalue weighted by Gasteiger charge is -2.20. The van der Waals surface area contributed by atoms with Crippen LogP contribution in [0.1, 0.15) is 38.3 Å². The first-order valence-corrected chi connectivity index (χ1v) is 6.86. The van der Waals surface area contributed by atoms with Crippen LogP contribution < -0.4 is 10.6 Å². The van der Waals surface area contributed by atoms with Gasteiger partial charge in [-0.1, -0.05) is 0 Å². The Morgan fingerprint density at radius 1 is 1.35 bits per heavy atom. The van der Waals surface area contributed by atoms with Gasteiger partial charge in [-0.2, -0.15) is 11.3 Å². The van der Waals surface area contributed by atoms with Crippen LogP contribution in [0.3, 0.4) is 0 Å². The molecule has 2 N–H and O–H groups in total. The SMILES string of the molecule is Cc1cscc1CNC(=O)CCNC(C)(C)C. The van der Waals surface area contributed by atoms with Crippen LogP contribution >= 0.6 is 11.3 Å². The summed E-state index contributed by atoms with van der Waals surface area (Å²) in [6.45, 7) is 9.72. The molecule has 0 aliphatic rings. The Labute approximate surface area is 108 Å². The van der Waals surface area contributed by atoms with Gasteiger partial charge in [0.05, 0.1) is 0 Å². The van der Waals surface area contributed by atoms with Crippen molar-refractivity contribution < 1.29 is 4.79 Å². The molecule has 0 aliphatic carbocycles. The minimum absolute atomic E-state index is 0.0736. The second-order valence-corrected chi connectivity index (χ2v) is 6.03. The van der Waals surface area contributed by atoms with E-state index in [1.165, 1.54) is 11.1 Å². The molecular weight excluding hydrogens is 232 g/mol. The maximum absolute atomic E-state index is 11.6. The second kappa shape index (κ2) is 6.17. The van der Waals surface area contributed by atoms with E-state index in [2.05, 4.69) is 49.1 Å². The van der Waals surface area contributed by atoms with E-state index < -0.39 is 0 Å². The van der Waals surface area contributed by atoms with E-state index in [4.69, 9.17) is 0 Å². The highest BCUT2D eigenvalue weighted by Crippen LogP contribution is 2.12. The molecule has 1 aromatic heterocycles. The zero-order valence-electron chi connectivity index (χ0n) is 11.1. The summed E-state index contributed by atoms with van der Waals surface area (Å²) < 4.78 is 0. The molecule has 0 saturated heterocycles. The van der Waals surface area contributed by atoms with E-state index in [-0.39, 0.29) is 11.4 Å². The summed E-state index contributed by atoms with van der Waals surface area (Å²) in [5.41, 5.74) is 2.54. The number of carbonyl (C=O) groups is 1. The van der Waals surface area contributed by atoms with Crippen LogP contribution in [0.15, 0.2) is 10.8 Å². The predicted molar refractivity (Wildman–Crippen MR) is 73.3 cm³/mol. The lowest BCUT2D eigenvalue weighted by atomic mass is 10.1. The topological polar surface area (TPSA) is 41.1 Å². The fourth-order valence-electron chi connectivity index (χ4n) is 1.40. The van der Waals surface area contributed by atoms with Gasteiger partial charge < -0.3 is 10.6 Å². The third-order valence-corrected chi connectivity index (χ3v) is 3.36. The van der Waals surface area contributed by atoms with Crippen molar-refractivity contribution in [3.8, 4) is 0 Å². The molecule has 1 aromatic rings. The number of thiophene rings is 1. The number of hydrogen-bond acceptors (Lipinski definition) is 3. The Hall–Kier alpha value is -0.870. The summed E-state index contributed by atoms with van der Waals surface area (Å²) in [6, 6.07) is 0. The van der Waals surface area contributed by atoms with E-state index in [1.807, 2.05) is 0 Å². The average Bonchev–Trinajstić information content (AvgIpc) is 2.59. The van der Waals surface area contributed by atoms with E-state index in [0.29, 0.717) is 13.0 Å². The molecule has 96 valence electrons. The molecule has 4 heteroatoms. The quantitative estimate of drug-likeness (QED) is 0.847. The fraction of sp³-hybridized carbons (Fsp3) is 0.615. The van der Waals surface area contributed by atoms with Crippen molar-refractivity contribution in [2.75, 3.05) is 6.54 Å². The van der Waals surface area contributed by atoms with Crippen molar-refractivity contribution in [3.05, 3.63) is 21.9 Å². The van der Waals surface area contributed by atoms with Gasteiger partial charge in [0.15, 0.2) is 0 Å². The van der Waals surface area contributed by atoms with Crippen molar-refractivity contribution >= 4 is 17.2 Å². The van der Waals surface area contributed by atoms with E-state index in [0.717, 1.165) is 6.54 Å². The Balaban J connectivity index is 2.20. The number of hydrogen-bond donors (Lipinski definition) is 2. The summed E-state index contributed by atoms with van der Waals surface area (Å²) in [7, 11) is 0. The number of aryl methyl sites for hydroxylation is 1. The van der Waals surface area contributed by atoms with Crippen LogP contribution in [-0.2, 0) is 11.3 Å². The van der Waals surface area contributed by atoms with Crippen LogP contribution in [-0.4, -0.2) is 18.0 Å². The Morgan fingerprint density at radius 2 is 2.06 bits per heavy atom. The van der Waals surface area contributed by atoms with Crippen molar-refractivity contribution in [1.29, 1.82) is 0 Å². The summed E-state index contributed by atoms with van der Waals surface area (Å²) >= 11 is 1.68. The minimum Gasteiger partial charge on any atom is -0.352 e. The van der Waals surface area contributed by atoms with Gasteiger partial charge in [0, 0.05) is 25.0 Å². The van der Waals surface area contributed by atoms with Gasteiger partial charge in [0.1, 0.15) is 0 Å². The molecule has 0 atom stereocenters. The standard InChI is InChI=1S/C13H22N2OS/c1-10-8-17-9-11(10)7-14-12(16)5-6-15-13(2,3)4/h8-9,15H,5-7H2,1-4H3,(H,14,16). The van der Waals surface area contributed by atoms with Crippen LogP contribution in [0.25, 0.3) is 0 Å². The number of amides is 1. The maximum Gasteiger partial charge on any atom is 0.221 e. The Morgan fingerprint density at radius 3 is 2.59 bits per heavy atom. The minimum atomic E-state index is 0.0736. The molecule has 1 rings (SSSR count). The van der Waals surface area contributed by atoms with Crippen molar-refractivity contribution in [2.45, 2.75) is 46.2 Å². The van der Waals surface area contributed by atoms with E-state index >= 15 is 0 Å². The highest BCUT2D eigenvalue weighted by atomic mass is 32.1. The molecule has 0 fully saturated rings. The first-order chi connectivity index (χ1) is 7.88. The first kappa shape index (κ1) is 14.2. The number of carbonyl (C=O) groups excluding carboxylic acids is 1. The van der Waals surface area contributed by atoms with Crippen molar-refractivity contribution in [1.82, 2.24) is 10.6 Å². The van der Waals surface area contributed by atoms with Gasteiger partial charge >= 0.3 is 0 Å². The van der Waals surface area contributed by atoms with Crippen LogP contribution in [0.2, 0.25) is 0 Å². The van der Waals surface area contributed by atoms with Crippen LogP contribution in [0, 0.1) is 6.92 Å². The lowest BCUT2D eigenvalue weighted by Crippen LogP contribution is -2.38. The van der Waals surface area contributed by atoms with Gasteiger partial charge in [0.25, 0.3) is 0 Å². The molecule has 0 saturated carbocycles. The van der Waals surface area contributed by atoms with Gasteiger partial charge in [-0.15, -0.1) is 0 Å². The van der Waals surface area contributed by atoms with E-state index in [9.17, 15) is 4.79 Å². The molecule has 1 amide bonds. The summed E-state index contributed by atoms with van der Waals surface area (Å²) in [5.74, 6) is 0.104. The average molecular weight is 254 g/mol. The van der Waals surface area contributed by atoms with Crippen LogP contribution in [0.5, 0.6) is 0 Å². The Kier molecular flexibility index (Phi) is 5.15. The molecule has 0 bridgehead atoms. The number of nitrogens with one attached hydrogen (secondary N) is 2. The molecule has 0 unspecified atom stereocenters. The number of rotatable bonds is 5. The highest BCUT2D eigenvalue weighted by Gasteiger charge is 2.09. The molecule has 0 aromatic carbocycles. The van der Waals surface area contributed by atoms with Gasteiger partial charge in [0.2, 0.25) is 5.91 Å². The van der Waals surface area contributed by atoms with E-state index in [1.54, 1.807) is 11.3 Å². The summed E-state index contributed by atoms with van der Waals surface area (Å²) in [5, 5.41) is 10.4. The second-order valence-electron chi connectivity index (χ2n) is 5.28. The largest absolute Gasteiger partial charge is 0.352 e. The zero-order valence-corrected chi connectivity index (χ0v) is 11.9. The molecule has 0 radical (unpaired) electrons. The van der Waals surface area contributed by atoms with Gasteiger partial charge in [-0.05, 0) is 49.6 Å². The lowest BCUT2D eigenvalue weighted by molar-refractivity contribution is -0.121. The molecule has 1 heterocycles.